The lowest BCUT2D eigenvalue weighted by molar-refractivity contribution is 0.380. The van der Waals surface area contributed by atoms with Crippen LogP contribution in [0.3, 0.4) is 0 Å². The van der Waals surface area contributed by atoms with Crippen molar-refractivity contribution in [3.05, 3.63) is 15.9 Å². The van der Waals surface area contributed by atoms with E-state index in [1.54, 1.807) is 0 Å². The minimum Gasteiger partial charge on any atom is -0.466 e. The van der Waals surface area contributed by atoms with E-state index in [-0.39, 0.29) is 11.9 Å². The molecule has 2 aromatic rings. The minimum absolute atomic E-state index is 0.159. The van der Waals surface area contributed by atoms with E-state index in [0.717, 1.165) is 5.56 Å². The molecule has 2 heterocycles. The van der Waals surface area contributed by atoms with Crippen LogP contribution in [0.1, 0.15) is 25.3 Å². The number of nitrogens with zero attached hydrogens (tertiary/aromatic N) is 4. The summed E-state index contributed by atoms with van der Waals surface area (Å²) in [6, 6.07) is 0.214. The van der Waals surface area contributed by atoms with Crippen molar-refractivity contribution >= 4 is 29.0 Å². The van der Waals surface area contributed by atoms with Crippen LogP contribution in [-0.4, -0.2) is 26.7 Å². The van der Waals surface area contributed by atoms with Crippen LogP contribution >= 0.6 is 23.2 Å². The third-order valence-electron chi connectivity index (χ3n) is 2.16. The monoisotopic (exact) mass is 260 g/mol. The zero-order chi connectivity index (χ0) is 11.9. The van der Waals surface area contributed by atoms with Crippen molar-refractivity contribution in [2.75, 3.05) is 7.11 Å². The van der Waals surface area contributed by atoms with E-state index in [1.165, 1.54) is 11.6 Å². The number of rotatable bonds is 2. The Labute approximate surface area is 102 Å². The zero-order valence-corrected chi connectivity index (χ0v) is 10.5. The van der Waals surface area contributed by atoms with Crippen molar-refractivity contribution in [3.8, 4) is 6.01 Å². The lowest BCUT2D eigenvalue weighted by Crippen LogP contribution is -2.01. The number of fused-ring (bicyclic) bond motifs is 1. The van der Waals surface area contributed by atoms with E-state index in [2.05, 4.69) is 15.1 Å². The van der Waals surface area contributed by atoms with Crippen LogP contribution in [0.15, 0.2) is 0 Å². The molecule has 16 heavy (non-hydrogen) atoms. The molecule has 0 amide bonds. The molecule has 86 valence electrons. The molecular formula is C9H10Cl2N4O. The van der Waals surface area contributed by atoms with E-state index >= 15 is 0 Å². The highest BCUT2D eigenvalue weighted by atomic mass is 35.5. The summed E-state index contributed by atoms with van der Waals surface area (Å²) in [6.45, 7) is 3.96. The molecule has 0 spiro atoms. The van der Waals surface area contributed by atoms with Gasteiger partial charge < -0.3 is 4.74 Å². The number of hydrogen-bond donors (Lipinski definition) is 0. The maximum absolute atomic E-state index is 6.19. The number of ether oxygens (including phenoxy) is 1. The first-order valence-electron chi connectivity index (χ1n) is 4.70. The normalized spacial score (nSPS) is 11.4. The van der Waals surface area contributed by atoms with E-state index in [0.29, 0.717) is 16.1 Å². The zero-order valence-electron chi connectivity index (χ0n) is 9.03. The SMILES string of the molecule is COc1nc2nc(Cl)c(C(C)C)c(Cl)n2n1. The molecule has 0 aromatic carbocycles. The first kappa shape index (κ1) is 11.4. The smallest absolute Gasteiger partial charge is 0.337 e. The summed E-state index contributed by atoms with van der Waals surface area (Å²) >= 11 is 12.2. The van der Waals surface area contributed by atoms with Gasteiger partial charge in [-0.1, -0.05) is 37.0 Å². The molecule has 0 N–H and O–H groups in total. The Hall–Kier alpha value is -1.07. The predicted octanol–water partition coefficient (Wildman–Crippen LogP) is 2.56. The molecule has 0 fully saturated rings. The molecule has 0 aliphatic carbocycles. The average Bonchev–Trinajstić information content (AvgIpc) is 2.60. The summed E-state index contributed by atoms with van der Waals surface area (Å²) in [4.78, 5) is 8.12. The Morgan fingerprint density at radius 3 is 2.50 bits per heavy atom. The van der Waals surface area contributed by atoms with Gasteiger partial charge in [-0.05, 0) is 5.92 Å². The molecule has 0 saturated carbocycles. The van der Waals surface area contributed by atoms with E-state index < -0.39 is 0 Å². The average molecular weight is 261 g/mol. The summed E-state index contributed by atoms with van der Waals surface area (Å²) in [5.74, 6) is 0.489. The fourth-order valence-corrected chi connectivity index (χ4v) is 2.25. The van der Waals surface area contributed by atoms with Crippen molar-refractivity contribution < 1.29 is 4.74 Å². The molecule has 0 unspecified atom stereocenters. The van der Waals surface area contributed by atoms with Crippen molar-refractivity contribution in [1.29, 1.82) is 0 Å². The highest BCUT2D eigenvalue weighted by Gasteiger charge is 2.18. The third-order valence-corrected chi connectivity index (χ3v) is 2.81. The molecule has 0 radical (unpaired) electrons. The number of aromatic nitrogens is 4. The lowest BCUT2D eigenvalue weighted by atomic mass is 10.1. The van der Waals surface area contributed by atoms with Crippen LogP contribution in [0.2, 0.25) is 10.3 Å². The van der Waals surface area contributed by atoms with E-state index in [4.69, 9.17) is 27.9 Å². The van der Waals surface area contributed by atoms with Crippen molar-refractivity contribution in [3.63, 3.8) is 0 Å². The summed E-state index contributed by atoms with van der Waals surface area (Å²) in [5, 5.41) is 4.81. The molecule has 2 rings (SSSR count). The van der Waals surface area contributed by atoms with Crippen LogP contribution < -0.4 is 4.74 Å². The predicted molar refractivity (Wildman–Crippen MR) is 61.4 cm³/mol. The standard InChI is InChI=1S/C9H10Cl2N4O/c1-4(2)5-6(10)12-8-13-9(16-3)14-15(8)7(5)11/h4H,1-3H3. The molecule has 0 aliphatic rings. The second kappa shape index (κ2) is 4.07. The van der Waals surface area contributed by atoms with Gasteiger partial charge in [0.2, 0.25) is 0 Å². The minimum atomic E-state index is 0.159. The van der Waals surface area contributed by atoms with Crippen molar-refractivity contribution in [2.24, 2.45) is 0 Å². The number of hydrogen-bond acceptors (Lipinski definition) is 4. The molecule has 5 nitrogen and oxygen atoms in total. The topological polar surface area (TPSA) is 52.3 Å². The van der Waals surface area contributed by atoms with Crippen molar-refractivity contribution in [2.45, 2.75) is 19.8 Å². The Balaban J connectivity index is 2.76. The van der Waals surface area contributed by atoms with Crippen molar-refractivity contribution in [1.82, 2.24) is 19.6 Å². The second-order valence-electron chi connectivity index (χ2n) is 3.57. The number of halogens is 2. The molecular weight excluding hydrogens is 251 g/mol. The Kier molecular flexibility index (Phi) is 2.90. The van der Waals surface area contributed by atoms with E-state index in [1.807, 2.05) is 13.8 Å². The maximum Gasteiger partial charge on any atom is 0.337 e. The molecule has 0 aliphatic heterocycles. The van der Waals surface area contributed by atoms with Crippen LogP contribution in [0.5, 0.6) is 6.01 Å². The molecule has 0 saturated heterocycles. The van der Waals surface area contributed by atoms with Gasteiger partial charge in [-0.15, -0.1) is 5.10 Å². The van der Waals surface area contributed by atoms with E-state index in [9.17, 15) is 0 Å². The highest BCUT2D eigenvalue weighted by Crippen LogP contribution is 2.30. The van der Waals surface area contributed by atoms with Gasteiger partial charge in [-0.3, -0.25) is 0 Å². The fourth-order valence-electron chi connectivity index (χ4n) is 1.40. The molecule has 0 atom stereocenters. The van der Waals surface area contributed by atoms with Gasteiger partial charge in [-0.2, -0.15) is 14.5 Å². The van der Waals surface area contributed by atoms with Gasteiger partial charge in [0.05, 0.1) is 7.11 Å². The second-order valence-corrected chi connectivity index (χ2v) is 4.29. The molecule has 2 aromatic heterocycles. The fraction of sp³-hybridized carbons (Fsp3) is 0.444. The largest absolute Gasteiger partial charge is 0.466 e. The molecule has 0 bridgehead atoms. The Morgan fingerprint density at radius 1 is 1.25 bits per heavy atom. The van der Waals surface area contributed by atoms with Crippen LogP contribution in [0, 0.1) is 0 Å². The third kappa shape index (κ3) is 1.70. The summed E-state index contributed by atoms with van der Waals surface area (Å²) < 4.78 is 6.33. The molecule has 7 heteroatoms. The summed E-state index contributed by atoms with van der Waals surface area (Å²) in [6.07, 6.45) is 0. The van der Waals surface area contributed by atoms with Crippen LogP contribution in [0.25, 0.3) is 5.78 Å². The maximum atomic E-state index is 6.19. The first-order valence-corrected chi connectivity index (χ1v) is 5.45. The Bertz CT molecular complexity index is 538. The van der Waals surface area contributed by atoms with Gasteiger partial charge in [0, 0.05) is 5.56 Å². The van der Waals surface area contributed by atoms with Gasteiger partial charge in [0.25, 0.3) is 5.78 Å². The van der Waals surface area contributed by atoms with Gasteiger partial charge in [0.15, 0.2) is 0 Å². The van der Waals surface area contributed by atoms with Crippen LogP contribution in [0.4, 0.5) is 0 Å². The van der Waals surface area contributed by atoms with Gasteiger partial charge in [0.1, 0.15) is 10.3 Å². The van der Waals surface area contributed by atoms with Gasteiger partial charge >= 0.3 is 6.01 Å². The van der Waals surface area contributed by atoms with Gasteiger partial charge in [-0.25, -0.2) is 0 Å². The summed E-state index contributed by atoms with van der Waals surface area (Å²) in [5.41, 5.74) is 0.753. The Morgan fingerprint density at radius 2 is 1.94 bits per heavy atom. The van der Waals surface area contributed by atoms with Crippen LogP contribution in [-0.2, 0) is 0 Å². The number of methoxy groups -OCH3 is 1. The lowest BCUT2D eigenvalue weighted by Gasteiger charge is -2.09. The highest BCUT2D eigenvalue weighted by molar-refractivity contribution is 6.35. The quantitative estimate of drug-likeness (QED) is 0.779. The first-order chi connectivity index (χ1) is 7.54. The summed E-state index contributed by atoms with van der Waals surface area (Å²) in [7, 11) is 1.48.